The Balaban J connectivity index is 2.39. The maximum Gasteiger partial charge on any atom is 0.230 e. The summed E-state index contributed by atoms with van der Waals surface area (Å²) >= 11 is 0. The number of carbonyl (C=O) groups excluding carboxylic acids is 1. The number of rotatable bonds is 6. The van der Waals surface area contributed by atoms with Gasteiger partial charge in [0.15, 0.2) is 0 Å². The van der Waals surface area contributed by atoms with E-state index in [1.807, 2.05) is 18.2 Å². The Kier molecular flexibility index (Phi) is 6.35. The number of hydrogen-bond acceptors (Lipinski definition) is 2. The van der Waals surface area contributed by atoms with Crippen molar-refractivity contribution in [3.05, 3.63) is 58.9 Å². The monoisotopic (exact) mass is 338 g/mol. The van der Waals surface area contributed by atoms with Crippen molar-refractivity contribution in [3.63, 3.8) is 0 Å². The van der Waals surface area contributed by atoms with Gasteiger partial charge in [-0.15, -0.1) is 0 Å². The lowest BCUT2D eigenvalue weighted by atomic mass is 9.87. The first kappa shape index (κ1) is 19.2. The second kappa shape index (κ2) is 8.28. The summed E-state index contributed by atoms with van der Waals surface area (Å²) in [7, 11) is 0. The van der Waals surface area contributed by atoms with Crippen LogP contribution in [0.1, 0.15) is 81.7 Å². The van der Waals surface area contributed by atoms with E-state index >= 15 is 0 Å². The molecule has 1 amide bonds. The van der Waals surface area contributed by atoms with Crippen molar-refractivity contribution < 1.29 is 4.79 Å². The number of nitrogens with zero attached hydrogens (tertiary/aromatic N) is 1. The Morgan fingerprint density at radius 3 is 2.00 bits per heavy atom. The molecule has 0 atom stereocenters. The number of pyridine rings is 1. The van der Waals surface area contributed by atoms with Gasteiger partial charge in [0, 0.05) is 17.6 Å². The first-order valence-corrected chi connectivity index (χ1v) is 9.17. The van der Waals surface area contributed by atoms with Crippen molar-refractivity contribution in [2.45, 2.75) is 65.7 Å². The number of hydrogen-bond donors (Lipinski definition) is 1. The van der Waals surface area contributed by atoms with Crippen LogP contribution in [0.3, 0.4) is 0 Å². The van der Waals surface area contributed by atoms with E-state index in [9.17, 15) is 4.79 Å². The SMILES string of the molecule is CC(C)c1cc(C(C)C)c(NC(=O)Cc2ccccn2)c(C(C)C)c1. The smallest absolute Gasteiger partial charge is 0.230 e. The standard InChI is InChI=1S/C22H30N2O/c1-14(2)17-11-19(15(3)4)22(20(12-17)16(5)6)24-21(25)13-18-9-7-8-10-23-18/h7-12,14-16H,13H2,1-6H3,(H,24,25). The van der Waals surface area contributed by atoms with Gasteiger partial charge in [-0.3, -0.25) is 9.78 Å². The molecule has 0 saturated carbocycles. The molecule has 0 aliphatic rings. The summed E-state index contributed by atoms with van der Waals surface area (Å²) in [4.78, 5) is 16.9. The number of nitrogens with one attached hydrogen (secondary N) is 1. The van der Waals surface area contributed by atoms with Crippen LogP contribution in [0.5, 0.6) is 0 Å². The number of carbonyl (C=O) groups is 1. The average molecular weight is 338 g/mol. The highest BCUT2D eigenvalue weighted by Gasteiger charge is 2.19. The van der Waals surface area contributed by atoms with Gasteiger partial charge in [-0.05, 0) is 46.6 Å². The fourth-order valence-corrected chi connectivity index (χ4v) is 2.95. The molecule has 1 aromatic carbocycles. The second-order valence-corrected chi connectivity index (χ2v) is 7.58. The van der Waals surface area contributed by atoms with Crippen LogP contribution in [0, 0.1) is 0 Å². The molecule has 0 radical (unpaired) electrons. The normalized spacial score (nSPS) is 11.4. The zero-order chi connectivity index (χ0) is 18.6. The summed E-state index contributed by atoms with van der Waals surface area (Å²) < 4.78 is 0. The number of amides is 1. The second-order valence-electron chi connectivity index (χ2n) is 7.58. The average Bonchev–Trinajstić information content (AvgIpc) is 2.54. The highest BCUT2D eigenvalue weighted by atomic mass is 16.1. The number of benzene rings is 1. The molecular formula is C22H30N2O. The molecule has 0 aliphatic carbocycles. The Bertz CT molecular complexity index is 689. The van der Waals surface area contributed by atoms with Crippen molar-refractivity contribution in [2.24, 2.45) is 0 Å². The lowest BCUT2D eigenvalue weighted by molar-refractivity contribution is -0.115. The van der Waals surface area contributed by atoms with Crippen molar-refractivity contribution >= 4 is 11.6 Å². The Morgan fingerprint density at radius 2 is 1.56 bits per heavy atom. The van der Waals surface area contributed by atoms with Crippen LogP contribution in [-0.2, 0) is 11.2 Å². The van der Waals surface area contributed by atoms with Crippen LogP contribution in [0.2, 0.25) is 0 Å². The Morgan fingerprint density at radius 1 is 0.960 bits per heavy atom. The van der Waals surface area contributed by atoms with E-state index in [4.69, 9.17) is 0 Å². The predicted octanol–water partition coefficient (Wildman–Crippen LogP) is 5.63. The van der Waals surface area contributed by atoms with Crippen molar-refractivity contribution in [1.82, 2.24) is 4.98 Å². The van der Waals surface area contributed by atoms with Crippen molar-refractivity contribution in [1.29, 1.82) is 0 Å². The maximum atomic E-state index is 12.6. The summed E-state index contributed by atoms with van der Waals surface area (Å²) in [5, 5.41) is 3.18. The van der Waals surface area contributed by atoms with E-state index in [0.717, 1.165) is 11.4 Å². The van der Waals surface area contributed by atoms with Gasteiger partial charge in [0.05, 0.1) is 6.42 Å². The first-order valence-electron chi connectivity index (χ1n) is 9.17. The maximum absolute atomic E-state index is 12.6. The Hall–Kier alpha value is -2.16. The summed E-state index contributed by atoms with van der Waals surface area (Å²) in [6.45, 7) is 13.1. The number of anilines is 1. The minimum atomic E-state index is -0.0141. The molecule has 3 nitrogen and oxygen atoms in total. The topological polar surface area (TPSA) is 42.0 Å². The third-order valence-corrected chi connectivity index (χ3v) is 4.46. The molecule has 0 spiro atoms. The van der Waals surface area contributed by atoms with Crippen molar-refractivity contribution in [3.8, 4) is 0 Å². The van der Waals surface area contributed by atoms with Crippen LogP contribution in [0.4, 0.5) is 5.69 Å². The summed E-state index contributed by atoms with van der Waals surface area (Å²) in [6.07, 6.45) is 2.01. The highest BCUT2D eigenvalue weighted by Crippen LogP contribution is 2.36. The molecule has 2 aromatic rings. The molecule has 1 heterocycles. The van der Waals surface area contributed by atoms with E-state index in [0.29, 0.717) is 24.2 Å². The molecule has 1 aromatic heterocycles. The highest BCUT2D eigenvalue weighted by molar-refractivity contribution is 5.94. The van der Waals surface area contributed by atoms with Crippen LogP contribution >= 0.6 is 0 Å². The van der Waals surface area contributed by atoms with Gasteiger partial charge < -0.3 is 5.32 Å². The van der Waals surface area contributed by atoms with E-state index in [-0.39, 0.29) is 5.91 Å². The van der Waals surface area contributed by atoms with Gasteiger partial charge >= 0.3 is 0 Å². The molecule has 1 N–H and O–H groups in total. The molecule has 0 saturated heterocycles. The molecule has 25 heavy (non-hydrogen) atoms. The van der Waals surface area contributed by atoms with Crippen LogP contribution in [0.25, 0.3) is 0 Å². The summed E-state index contributed by atoms with van der Waals surface area (Å²) in [5.74, 6) is 1.15. The van der Waals surface area contributed by atoms with Crippen molar-refractivity contribution in [2.75, 3.05) is 5.32 Å². The zero-order valence-corrected chi connectivity index (χ0v) is 16.3. The molecule has 0 aliphatic heterocycles. The fourth-order valence-electron chi connectivity index (χ4n) is 2.95. The minimum Gasteiger partial charge on any atom is -0.325 e. The van der Waals surface area contributed by atoms with Gasteiger partial charge in [0.25, 0.3) is 0 Å². The lowest BCUT2D eigenvalue weighted by Crippen LogP contribution is -2.18. The third kappa shape index (κ3) is 4.91. The minimum absolute atomic E-state index is 0.0141. The quantitative estimate of drug-likeness (QED) is 0.741. The molecule has 0 unspecified atom stereocenters. The number of aromatic nitrogens is 1. The molecule has 0 fully saturated rings. The van der Waals surface area contributed by atoms with Gasteiger partial charge in [-0.25, -0.2) is 0 Å². The van der Waals surface area contributed by atoms with E-state index in [2.05, 4.69) is 64.0 Å². The third-order valence-electron chi connectivity index (χ3n) is 4.46. The molecule has 3 heteroatoms. The summed E-state index contributed by atoms with van der Waals surface area (Å²) in [5.41, 5.74) is 5.52. The van der Waals surface area contributed by atoms with Crippen LogP contribution in [0.15, 0.2) is 36.5 Å². The van der Waals surface area contributed by atoms with E-state index in [1.165, 1.54) is 16.7 Å². The van der Waals surface area contributed by atoms with Gasteiger partial charge in [0.1, 0.15) is 0 Å². The largest absolute Gasteiger partial charge is 0.325 e. The molecule has 134 valence electrons. The van der Waals surface area contributed by atoms with Crippen LogP contribution < -0.4 is 5.32 Å². The fraction of sp³-hybridized carbons (Fsp3) is 0.455. The van der Waals surface area contributed by atoms with Gasteiger partial charge in [-0.2, -0.15) is 0 Å². The van der Waals surface area contributed by atoms with Gasteiger partial charge in [-0.1, -0.05) is 59.7 Å². The van der Waals surface area contributed by atoms with E-state index < -0.39 is 0 Å². The molecule has 0 bridgehead atoms. The van der Waals surface area contributed by atoms with E-state index in [1.54, 1.807) is 6.20 Å². The first-order chi connectivity index (χ1) is 11.8. The lowest BCUT2D eigenvalue weighted by Gasteiger charge is -2.23. The molecule has 2 rings (SSSR count). The zero-order valence-electron chi connectivity index (χ0n) is 16.3. The molecular weight excluding hydrogens is 308 g/mol. The Labute approximate surface area is 151 Å². The predicted molar refractivity (Wildman–Crippen MR) is 105 cm³/mol. The van der Waals surface area contributed by atoms with Crippen LogP contribution in [-0.4, -0.2) is 10.9 Å². The summed E-state index contributed by atoms with van der Waals surface area (Å²) in [6, 6.07) is 10.1. The van der Waals surface area contributed by atoms with Gasteiger partial charge in [0.2, 0.25) is 5.91 Å².